The molecule has 0 spiro atoms. The van der Waals surface area contributed by atoms with E-state index in [4.69, 9.17) is 11.6 Å². The monoisotopic (exact) mass is 460 g/mol. The molecule has 1 aliphatic heterocycles. The predicted molar refractivity (Wildman–Crippen MR) is 112 cm³/mol. The van der Waals surface area contributed by atoms with Gasteiger partial charge in [-0.2, -0.15) is 13.2 Å². The molecule has 2 heterocycles. The summed E-state index contributed by atoms with van der Waals surface area (Å²) in [6, 6.07) is 12.2. The number of hydrogen-bond acceptors (Lipinski definition) is 3. The lowest BCUT2D eigenvalue weighted by atomic mass is 9.84. The van der Waals surface area contributed by atoms with Crippen molar-refractivity contribution in [1.82, 2.24) is 19.7 Å². The number of rotatable bonds is 3. The first-order valence-electron chi connectivity index (χ1n) is 10.5. The summed E-state index contributed by atoms with van der Waals surface area (Å²) in [5.41, 5.74) is -0.374. The highest BCUT2D eigenvalue weighted by Gasteiger charge is 2.40. The molecule has 9 heteroatoms. The smallest absolute Gasteiger partial charge is 0.322 e. The molecule has 2 aliphatic rings. The lowest BCUT2D eigenvalue weighted by Crippen LogP contribution is -2.43. The van der Waals surface area contributed by atoms with Gasteiger partial charge in [-0.15, -0.1) is 10.2 Å². The van der Waals surface area contributed by atoms with E-state index in [0.717, 1.165) is 36.7 Å². The lowest BCUT2D eigenvalue weighted by molar-refractivity contribution is -0.137. The van der Waals surface area contributed by atoms with E-state index in [1.165, 1.54) is 12.1 Å². The molecule has 1 saturated carbocycles. The Morgan fingerprint density at radius 3 is 2.34 bits per heavy atom. The normalized spacial score (nSPS) is 18.9. The zero-order chi connectivity index (χ0) is 22.5. The van der Waals surface area contributed by atoms with Crippen molar-refractivity contribution >= 4 is 17.5 Å². The van der Waals surface area contributed by atoms with Crippen LogP contribution < -0.4 is 0 Å². The van der Waals surface area contributed by atoms with Gasteiger partial charge in [-0.25, -0.2) is 0 Å². The van der Waals surface area contributed by atoms with Crippen LogP contribution in [0.25, 0.3) is 0 Å². The van der Waals surface area contributed by atoms with Crippen molar-refractivity contribution in [2.75, 3.05) is 6.54 Å². The Labute approximate surface area is 187 Å². The molecule has 3 aromatic rings. The van der Waals surface area contributed by atoms with Gasteiger partial charge >= 0.3 is 6.18 Å². The lowest BCUT2D eigenvalue weighted by Gasteiger charge is -2.37. The molecular formula is C23H20ClF3N4O. The summed E-state index contributed by atoms with van der Waals surface area (Å²) in [6.07, 6.45) is -1.35. The molecule has 1 atom stereocenters. The molecule has 0 bridgehead atoms. The Morgan fingerprint density at radius 1 is 0.969 bits per heavy atom. The van der Waals surface area contributed by atoms with E-state index >= 15 is 0 Å². The summed E-state index contributed by atoms with van der Waals surface area (Å²) < 4.78 is 42.1. The van der Waals surface area contributed by atoms with Crippen LogP contribution in [0.4, 0.5) is 13.2 Å². The van der Waals surface area contributed by atoms with Crippen LogP contribution in [0.5, 0.6) is 0 Å². The Bertz CT molecular complexity index is 1160. The number of alkyl halides is 3. The van der Waals surface area contributed by atoms with Crippen LogP contribution in [0.3, 0.4) is 0 Å². The van der Waals surface area contributed by atoms with E-state index in [9.17, 15) is 18.0 Å². The zero-order valence-corrected chi connectivity index (χ0v) is 17.8. The fourth-order valence-electron chi connectivity index (χ4n) is 4.46. The summed E-state index contributed by atoms with van der Waals surface area (Å²) in [5.74, 6) is 1.36. The third kappa shape index (κ3) is 3.46. The third-order valence-electron chi connectivity index (χ3n) is 6.31. The largest absolute Gasteiger partial charge is 0.417 e. The van der Waals surface area contributed by atoms with Crippen LogP contribution in [0.15, 0.2) is 48.5 Å². The first-order valence-corrected chi connectivity index (χ1v) is 10.9. The van der Waals surface area contributed by atoms with Crippen molar-refractivity contribution in [3.8, 4) is 0 Å². The van der Waals surface area contributed by atoms with Crippen molar-refractivity contribution in [2.24, 2.45) is 0 Å². The highest BCUT2D eigenvalue weighted by molar-refractivity contribution is 6.34. The van der Waals surface area contributed by atoms with Crippen LogP contribution in [0, 0.1) is 0 Å². The molecule has 1 aliphatic carbocycles. The van der Waals surface area contributed by atoms with Crippen LogP contribution in [-0.2, 0) is 12.7 Å². The molecule has 0 saturated heterocycles. The summed E-state index contributed by atoms with van der Waals surface area (Å²) in [7, 11) is 0. The first-order chi connectivity index (χ1) is 15.4. The number of halogens is 4. The molecule has 5 nitrogen and oxygen atoms in total. The van der Waals surface area contributed by atoms with Gasteiger partial charge in [-0.05, 0) is 30.5 Å². The predicted octanol–water partition coefficient (Wildman–Crippen LogP) is 5.46. The number of amides is 1. The van der Waals surface area contributed by atoms with Crippen molar-refractivity contribution in [3.05, 3.63) is 81.9 Å². The third-order valence-corrected chi connectivity index (χ3v) is 6.72. The maximum atomic E-state index is 13.5. The highest BCUT2D eigenvalue weighted by Crippen LogP contribution is 2.41. The quantitative estimate of drug-likeness (QED) is 0.521. The maximum Gasteiger partial charge on any atom is 0.417 e. The van der Waals surface area contributed by atoms with Crippen LogP contribution >= 0.6 is 11.6 Å². The highest BCUT2D eigenvalue weighted by atomic mass is 35.5. The van der Waals surface area contributed by atoms with Crippen molar-refractivity contribution in [3.63, 3.8) is 0 Å². The number of benzene rings is 2. The second-order valence-corrected chi connectivity index (χ2v) is 8.55. The Kier molecular flexibility index (Phi) is 5.20. The second kappa shape index (κ2) is 7.92. The Morgan fingerprint density at radius 2 is 1.69 bits per heavy atom. The van der Waals surface area contributed by atoms with Crippen LogP contribution in [-0.4, -0.2) is 32.1 Å². The average Bonchev–Trinajstić information content (AvgIpc) is 3.15. The maximum absolute atomic E-state index is 13.5. The van der Waals surface area contributed by atoms with Gasteiger partial charge in [0, 0.05) is 19.0 Å². The van der Waals surface area contributed by atoms with E-state index in [1.54, 1.807) is 4.90 Å². The van der Waals surface area contributed by atoms with Gasteiger partial charge in [0.15, 0.2) is 5.82 Å². The fourth-order valence-corrected chi connectivity index (χ4v) is 4.77. The summed E-state index contributed by atoms with van der Waals surface area (Å²) in [5, 5.41) is 8.27. The topological polar surface area (TPSA) is 51.0 Å². The van der Waals surface area contributed by atoms with E-state index in [0.29, 0.717) is 24.8 Å². The molecule has 2 aromatic carbocycles. The van der Waals surface area contributed by atoms with Gasteiger partial charge in [-0.1, -0.05) is 54.4 Å². The van der Waals surface area contributed by atoms with Gasteiger partial charge in [-0.3, -0.25) is 4.79 Å². The number of carbonyl (C=O) groups is 1. The van der Waals surface area contributed by atoms with Crippen LogP contribution in [0.2, 0.25) is 5.02 Å². The summed E-state index contributed by atoms with van der Waals surface area (Å²) >= 11 is 6.07. The van der Waals surface area contributed by atoms with Gasteiger partial charge < -0.3 is 9.47 Å². The SMILES string of the molecule is O=C(c1cccc(C(F)(F)F)c1Cl)N1CCn2c(C3CCC3)nnc2[C@@H]1c1ccccc1. The first kappa shape index (κ1) is 21.0. The zero-order valence-electron chi connectivity index (χ0n) is 17.0. The number of aromatic nitrogens is 3. The molecule has 1 amide bonds. The van der Waals surface area contributed by atoms with Crippen molar-refractivity contribution < 1.29 is 18.0 Å². The Hall–Kier alpha value is -2.87. The fraction of sp³-hybridized carbons (Fsp3) is 0.348. The molecule has 0 radical (unpaired) electrons. The van der Waals surface area contributed by atoms with Gasteiger partial charge in [0.2, 0.25) is 0 Å². The average molecular weight is 461 g/mol. The second-order valence-electron chi connectivity index (χ2n) is 8.17. The van der Waals surface area contributed by atoms with Crippen molar-refractivity contribution in [2.45, 2.75) is 43.9 Å². The molecule has 1 aromatic heterocycles. The van der Waals surface area contributed by atoms with Gasteiger partial charge in [0.05, 0.1) is 16.1 Å². The number of hydrogen-bond donors (Lipinski definition) is 0. The standard InChI is InChI=1S/C23H20ClF3N4O/c24-18-16(10-5-11-17(18)23(25,26)27)22(32)30-12-13-31-20(15-8-4-9-15)28-29-21(31)19(30)14-6-2-1-3-7-14/h1-3,5-7,10-11,15,19H,4,8-9,12-13H2/t19-/m0/s1. The van der Waals surface area contributed by atoms with E-state index < -0.39 is 28.7 Å². The van der Waals surface area contributed by atoms with E-state index in [-0.39, 0.29) is 5.56 Å². The number of fused-ring (bicyclic) bond motifs is 1. The molecule has 0 N–H and O–H groups in total. The number of carbonyl (C=O) groups excluding carboxylic acids is 1. The van der Waals surface area contributed by atoms with Crippen molar-refractivity contribution in [1.29, 1.82) is 0 Å². The molecular weight excluding hydrogens is 441 g/mol. The summed E-state index contributed by atoms with van der Waals surface area (Å²) in [6.45, 7) is 0.801. The molecule has 5 rings (SSSR count). The summed E-state index contributed by atoms with van der Waals surface area (Å²) in [4.78, 5) is 15.1. The minimum absolute atomic E-state index is 0.172. The number of nitrogens with zero attached hydrogens (tertiary/aromatic N) is 4. The molecule has 0 unspecified atom stereocenters. The Balaban J connectivity index is 1.58. The van der Waals surface area contributed by atoms with Gasteiger partial charge in [0.25, 0.3) is 5.91 Å². The van der Waals surface area contributed by atoms with Gasteiger partial charge in [0.1, 0.15) is 11.9 Å². The van der Waals surface area contributed by atoms with Crippen LogP contribution in [0.1, 0.15) is 64.4 Å². The van der Waals surface area contributed by atoms with E-state index in [2.05, 4.69) is 14.8 Å². The molecule has 32 heavy (non-hydrogen) atoms. The minimum atomic E-state index is -4.65. The minimum Gasteiger partial charge on any atom is -0.322 e. The van der Waals surface area contributed by atoms with E-state index in [1.807, 2.05) is 30.3 Å². The molecule has 1 fully saturated rings. The molecule has 166 valence electrons.